The Bertz CT molecular complexity index is 1290. The van der Waals surface area contributed by atoms with E-state index in [9.17, 15) is 14.4 Å². The molecule has 1 aliphatic heterocycles. The van der Waals surface area contributed by atoms with Crippen LogP contribution in [0.5, 0.6) is 0 Å². The van der Waals surface area contributed by atoms with Crippen LogP contribution < -0.4 is 11.1 Å². The molecule has 174 valence electrons. The number of hydrogen-bond acceptors (Lipinski definition) is 5. The first kappa shape index (κ1) is 21.9. The first-order valence-corrected chi connectivity index (χ1v) is 11.6. The smallest absolute Gasteiger partial charge is 0.253 e. The van der Waals surface area contributed by atoms with Gasteiger partial charge in [0.2, 0.25) is 5.78 Å². The minimum Gasteiger partial charge on any atom is -0.383 e. The van der Waals surface area contributed by atoms with Gasteiger partial charge in [-0.2, -0.15) is 0 Å². The second-order valence-electron chi connectivity index (χ2n) is 9.01. The molecule has 2 aliphatic rings. The normalized spacial score (nSPS) is 15.4. The van der Waals surface area contributed by atoms with Crippen LogP contribution in [0.1, 0.15) is 68.0 Å². The van der Waals surface area contributed by atoms with Crippen LogP contribution in [0.4, 0.5) is 5.82 Å². The number of nitrogens with two attached hydrogens (primary N) is 1. The number of rotatable bonds is 6. The maximum atomic E-state index is 13.3. The number of nitrogen functional groups attached to an aromatic ring is 1. The third-order valence-corrected chi connectivity index (χ3v) is 6.43. The van der Waals surface area contributed by atoms with Crippen molar-refractivity contribution in [3.63, 3.8) is 0 Å². The number of nitrogens with zero attached hydrogens (tertiary/aromatic N) is 3. The summed E-state index contributed by atoms with van der Waals surface area (Å²) in [5.74, 6) is -0.363. The van der Waals surface area contributed by atoms with Crippen LogP contribution in [0.25, 0.3) is 5.69 Å². The van der Waals surface area contributed by atoms with Gasteiger partial charge in [-0.05, 0) is 62.4 Å². The van der Waals surface area contributed by atoms with Crippen molar-refractivity contribution in [3.05, 3.63) is 76.7 Å². The van der Waals surface area contributed by atoms with Gasteiger partial charge in [0.1, 0.15) is 12.1 Å². The molecule has 2 aromatic carbocycles. The van der Waals surface area contributed by atoms with Gasteiger partial charge in [0.05, 0.1) is 5.69 Å². The van der Waals surface area contributed by atoms with Crippen LogP contribution in [-0.2, 0) is 0 Å². The van der Waals surface area contributed by atoms with E-state index in [0.29, 0.717) is 22.4 Å². The molecular weight excluding hydrogens is 430 g/mol. The van der Waals surface area contributed by atoms with E-state index in [-0.39, 0.29) is 35.2 Å². The molecule has 0 bridgehead atoms. The van der Waals surface area contributed by atoms with Crippen molar-refractivity contribution in [2.75, 3.05) is 18.8 Å². The summed E-state index contributed by atoms with van der Waals surface area (Å²) in [4.78, 5) is 44.6. The lowest BCUT2D eigenvalue weighted by atomic mass is 10.0. The third-order valence-electron chi connectivity index (χ3n) is 6.43. The largest absolute Gasteiger partial charge is 0.383 e. The molecule has 1 saturated carbocycles. The average molecular weight is 458 g/mol. The molecule has 3 aromatic rings. The zero-order chi connectivity index (χ0) is 23.8. The molecule has 2 heterocycles. The Morgan fingerprint density at radius 2 is 1.74 bits per heavy atom. The van der Waals surface area contributed by atoms with Crippen LogP contribution in [0, 0.1) is 6.92 Å². The minimum atomic E-state index is -0.354. The summed E-state index contributed by atoms with van der Waals surface area (Å²) in [6, 6.07) is 12.3. The van der Waals surface area contributed by atoms with Crippen molar-refractivity contribution in [3.8, 4) is 5.69 Å². The molecule has 5 rings (SSSR count). The second kappa shape index (κ2) is 8.78. The van der Waals surface area contributed by atoms with Crippen molar-refractivity contribution in [1.29, 1.82) is 0 Å². The van der Waals surface area contributed by atoms with Gasteiger partial charge in [-0.3, -0.25) is 19.0 Å². The number of anilines is 1. The molecule has 2 amide bonds. The monoisotopic (exact) mass is 457 g/mol. The van der Waals surface area contributed by atoms with Gasteiger partial charge < -0.3 is 16.0 Å². The number of carbonyl (C=O) groups is 3. The van der Waals surface area contributed by atoms with Crippen molar-refractivity contribution < 1.29 is 14.4 Å². The molecule has 3 N–H and O–H groups in total. The molecule has 1 saturated heterocycles. The zero-order valence-corrected chi connectivity index (χ0v) is 19.1. The molecule has 0 unspecified atom stereocenters. The average Bonchev–Trinajstić information content (AvgIpc) is 3.33. The topological polar surface area (TPSA) is 110 Å². The number of amides is 2. The summed E-state index contributed by atoms with van der Waals surface area (Å²) in [6.45, 7) is 3.39. The number of benzene rings is 2. The molecule has 1 aromatic heterocycles. The molecule has 0 atom stereocenters. The Hall–Kier alpha value is -3.94. The van der Waals surface area contributed by atoms with Gasteiger partial charge in [-0.25, -0.2) is 4.98 Å². The fourth-order valence-electron chi connectivity index (χ4n) is 4.26. The van der Waals surface area contributed by atoms with Crippen molar-refractivity contribution in [2.24, 2.45) is 0 Å². The summed E-state index contributed by atoms with van der Waals surface area (Å²) in [5.41, 5.74) is 9.42. The van der Waals surface area contributed by atoms with E-state index in [1.807, 2.05) is 17.9 Å². The number of imidazole rings is 1. The van der Waals surface area contributed by atoms with E-state index in [1.54, 1.807) is 41.0 Å². The molecule has 2 fully saturated rings. The van der Waals surface area contributed by atoms with Gasteiger partial charge in [-0.1, -0.05) is 18.2 Å². The highest BCUT2D eigenvalue weighted by Gasteiger charge is 2.25. The maximum absolute atomic E-state index is 13.3. The highest BCUT2D eigenvalue weighted by atomic mass is 16.2. The Morgan fingerprint density at radius 1 is 1.00 bits per heavy atom. The lowest BCUT2D eigenvalue weighted by Gasteiger charge is -2.15. The standard InChI is InChI=1S/C26H27N5O3/c1-16-7-8-18(25(33)29-20-9-10-20)14-21(16)31-15-28-22(24(31)27)23(32)17-5-4-6-19(13-17)26(34)30-11-2-3-12-30/h4-8,13-15,20H,2-3,9-12,27H2,1H3,(H,29,33). The summed E-state index contributed by atoms with van der Waals surface area (Å²) in [7, 11) is 0. The summed E-state index contributed by atoms with van der Waals surface area (Å²) in [6.07, 6.45) is 5.51. The van der Waals surface area contributed by atoms with Crippen LogP contribution in [-0.4, -0.2) is 51.2 Å². The van der Waals surface area contributed by atoms with Crippen LogP contribution in [0.3, 0.4) is 0 Å². The summed E-state index contributed by atoms with van der Waals surface area (Å²) in [5, 5.41) is 2.98. The number of carbonyl (C=O) groups excluding carboxylic acids is 3. The molecule has 1 aliphatic carbocycles. The number of aromatic nitrogens is 2. The molecule has 0 radical (unpaired) electrons. The van der Waals surface area contributed by atoms with Gasteiger partial charge in [0, 0.05) is 35.8 Å². The van der Waals surface area contributed by atoms with Crippen molar-refractivity contribution in [1.82, 2.24) is 19.8 Å². The van der Waals surface area contributed by atoms with E-state index < -0.39 is 0 Å². The first-order valence-electron chi connectivity index (χ1n) is 11.6. The molecule has 8 nitrogen and oxygen atoms in total. The number of aryl methyl sites for hydroxylation is 1. The molecule has 34 heavy (non-hydrogen) atoms. The predicted molar refractivity (Wildman–Crippen MR) is 128 cm³/mol. The third kappa shape index (κ3) is 4.19. The highest BCUT2D eigenvalue weighted by Crippen LogP contribution is 2.25. The Labute approximate surface area is 197 Å². The van der Waals surface area contributed by atoms with E-state index in [4.69, 9.17) is 5.73 Å². The number of likely N-dealkylation sites (tertiary alicyclic amines) is 1. The SMILES string of the molecule is Cc1ccc(C(=O)NC2CC2)cc1-n1cnc(C(=O)c2cccc(C(=O)N3CCCC3)c2)c1N. The lowest BCUT2D eigenvalue weighted by Crippen LogP contribution is -2.27. The van der Waals surface area contributed by atoms with Gasteiger partial charge in [0.15, 0.2) is 5.69 Å². The highest BCUT2D eigenvalue weighted by molar-refractivity contribution is 6.11. The molecule has 0 spiro atoms. The van der Waals surface area contributed by atoms with Gasteiger partial charge in [0.25, 0.3) is 11.8 Å². The minimum absolute atomic E-state index is 0.0671. The van der Waals surface area contributed by atoms with Crippen LogP contribution in [0.2, 0.25) is 0 Å². The molecular formula is C26H27N5O3. The number of nitrogens with one attached hydrogen (secondary N) is 1. The van der Waals surface area contributed by atoms with Crippen molar-refractivity contribution >= 4 is 23.4 Å². The van der Waals surface area contributed by atoms with E-state index in [0.717, 1.165) is 44.3 Å². The molecule has 8 heteroatoms. The zero-order valence-electron chi connectivity index (χ0n) is 19.1. The summed E-state index contributed by atoms with van der Waals surface area (Å²) < 4.78 is 1.62. The number of ketones is 1. The van der Waals surface area contributed by atoms with Crippen molar-refractivity contribution in [2.45, 2.75) is 38.6 Å². The van der Waals surface area contributed by atoms with Crippen LogP contribution >= 0.6 is 0 Å². The predicted octanol–water partition coefficient (Wildman–Crippen LogP) is 3.12. The second-order valence-corrected chi connectivity index (χ2v) is 9.01. The first-order chi connectivity index (χ1) is 16.4. The quantitative estimate of drug-likeness (QED) is 0.553. The van der Waals surface area contributed by atoms with E-state index in [1.165, 1.54) is 6.33 Å². The van der Waals surface area contributed by atoms with E-state index in [2.05, 4.69) is 10.3 Å². The van der Waals surface area contributed by atoms with E-state index >= 15 is 0 Å². The Kier molecular flexibility index (Phi) is 5.65. The van der Waals surface area contributed by atoms with Gasteiger partial charge in [-0.15, -0.1) is 0 Å². The summed E-state index contributed by atoms with van der Waals surface area (Å²) >= 11 is 0. The van der Waals surface area contributed by atoms with Crippen LogP contribution in [0.15, 0.2) is 48.8 Å². The maximum Gasteiger partial charge on any atom is 0.253 e. The number of hydrogen-bond donors (Lipinski definition) is 2. The Balaban J connectivity index is 1.42. The fourth-order valence-corrected chi connectivity index (χ4v) is 4.26. The Morgan fingerprint density at radius 3 is 2.47 bits per heavy atom. The fraction of sp³-hybridized carbons (Fsp3) is 0.308. The lowest BCUT2D eigenvalue weighted by molar-refractivity contribution is 0.0792. The van der Waals surface area contributed by atoms with Gasteiger partial charge >= 0.3 is 0 Å².